The lowest BCUT2D eigenvalue weighted by molar-refractivity contribution is 0.0746. The van der Waals surface area contributed by atoms with Gasteiger partial charge in [0.2, 0.25) is 5.95 Å². The molecule has 4 heterocycles. The third kappa shape index (κ3) is 3.86. The van der Waals surface area contributed by atoms with Crippen LogP contribution in [0.25, 0.3) is 0 Å². The van der Waals surface area contributed by atoms with E-state index in [9.17, 15) is 4.79 Å². The van der Waals surface area contributed by atoms with Crippen molar-refractivity contribution in [3.8, 4) is 0 Å². The first-order valence-corrected chi connectivity index (χ1v) is 11.0. The van der Waals surface area contributed by atoms with Gasteiger partial charge in [0.05, 0.1) is 13.2 Å². The van der Waals surface area contributed by atoms with Gasteiger partial charge in [-0.1, -0.05) is 6.07 Å². The lowest BCUT2D eigenvalue weighted by Gasteiger charge is -2.35. The molecule has 0 N–H and O–H groups in total. The van der Waals surface area contributed by atoms with Crippen molar-refractivity contribution in [3.63, 3.8) is 0 Å². The maximum Gasteiger partial charge on any atom is 0.253 e. The number of aryl methyl sites for hydroxylation is 1. The molecule has 0 spiro atoms. The number of amides is 1. The molecule has 158 valence electrons. The van der Waals surface area contributed by atoms with E-state index in [-0.39, 0.29) is 5.91 Å². The molecule has 2 fully saturated rings. The van der Waals surface area contributed by atoms with Crippen LogP contribution in [0.1, 0.15) is 46.4 Å². The molecule has 5 rings (SSSR count). The van der Waals surface area contributed by atoms with Crippen LogP contribution in [0.3, 0.4) is 0 Å². The van der Waals surface area contributed by atoms with E-state index in [4.69, 9.17) is 14.7 Å². The summed E-state index contributed by atoms with van der Waals surface area (Å²) in [6, 6.07) is 8.03. The van der Waals surface area contributed by atoms with Gasteiger partial charge in [0.15, 0.2) is 0 Å². The van der Waals surface area contributed by atoms with Crippen LogP contribution in [0.15, 0.2) is 24.3 Å². The molecule has 1 amide bonds. The molecule has 30 heavy (non-hydrogen) atoms. The van der Waals surface area contributed by atoms with Crippen LogP contribution >= 0.6 is 0 Å². The summed E-state index contributed by atoms with van der Waals surface area (Å²) in [5.74, 6) is 1.93. The molecule has 0 aliphatic carbocycles. The fourth-order valence-corrected chi connectivity index (χ4v) is 4.56. The topological polar surface area (TPSA) is 61.8 Å². The normalized spacial score (nSPS) is 19.2. The Balaban J connectivity index is 1.25. The number of ether oxygens (including phenoxy) is 1. The second-order valence-corrected chi connectivity index (χ2v) is 8.47. The van der Waals surface area contributed by atoms with Crippen molar-refractivity contribution in [3.05, 3.63) is 46.6 Å². The zero-order valence-electron chi connectivity index (χ0n) is 17.6. The van der Waals surface area contributed by atoms with Crippen molar-refractivity contribution >= 4 is 17.7 Å². The number of carbonyl (C=O) groups excluding carboxylic acids is 1. The van der Waals surface area contributed by atoms with E-state index < -0.39 is 0 Å². The average molecular weight is 408 g/mol. The number of piperidine rings is 1. The smallest absolute Gasteiger partial charge is 0.253 e. The van der Waals surface area contributed by atoms with Crippen molar-refractivity contribution in [1.82, 2.24) is 14.9 Å². The first-order chi connectivity index (χ1) is 14.7. The van der Waals surface area contributed by atoms with Crippen LogP contribution in [0.4, 0.5) is 11.8 Å². The van der Waals surface area contributed by atoms with Crippen LogP contribution in [-0.2, 0) is 18.0 Å². The van der Waals surface area contributed by atoms with Crippen molar-refractivity contribution in [2.45, 2.75) is 39.4 Å². The number of aromatic nitrogens is 2. The van der Waals surface area contributed by atoms with Gasteiger partial charge in [-0.2, -0.15) is 4.98 Å². The van der Waals surface area contributed by atoms with Crippen LogP contribution in [-0.4, -0.2) is 60.0 Å². The van der Waals surface area contributed by atoms with Gasteiger partial charge in [-0.15, -0.1) is 0 Å². The Kier molecular flexibility index (Phi) is 5.29. The summed E-state index contributed by atoms with van der Waals surface area (Å²) < 4.78 is 5.47. The van der Waals surface area contributed by atoms with Gasteiger partial charge in [-0.05, 0) is 49.4 Å². The van der Waals surface area contributed by atoms with E-state index in [1.54, 1.807) is 0 Å². The molecular formula is C23H29N5O2. The highest BCUT2D eigenvalue weighted by molar-refractivity contribution is 5.94. The van der Waals surface area contributed by atoms with Gasteiger partial charge >= 0.3 is 0 Å². The van der Waals surface area contributed by atoms with Gasteiger partial charge in [0.1, 0.15) is 5.82 Å². The minimum absolute atomic E-state index is 0.100. The Bertz CT molecular complexity index is 933. The number of carbonyl (C=O) groups is 1. The fraction of sp³-hybridized carbons (Fsp3) is 0.522. The standard InChI is InChI=1S/C23H29N5O2/c1-17-13-21(26-7-3-2-4-8-26)25-23(24-17)28-11-9-27(10-12-28)22(29)18-5-6-19-15-30-16-20(19)14-18/h5-6,13-14H,2-4,7-12,15-16H2,1H3. The van der Waals surface area contributed by atoms with Crippen LogP contribution < -0.4 is 9.80 Å². The highest BCUT2D eigenvalue weighted by Crippen LogP contribution is 2.24. The second kappa shape index (κ2) is 8.22. The SMILES string of the molecule is Cc1cc(N2CCCCC2)nc(N2CCN(C(=O)c3ccc4c(c3)COC4)CC2)n1. The van der Waals surface area contributed by atoms with E-state index in [1.165, 1.54) is 24.8 Å². The second-order valence-electron chi connectivity index (χ2n) is 8.47. The molecule has 7 heteroatoms. The fourth-order valence-electron chi connectivity index (χ4n) is 4.56. The molecule has 0 unspecified atom stereocenters. The van der Waals surface area contributed by atoms with Crippen molar-refractivity contribution in [1.29, 1.82) is 0 Å². The van der Waals surface area contributed by atoms with E-state index in [1.807, 2.05) is 30.0 Å². The monoisotopic (exact) mass is 407 g/mol. The molecular weight excluding hydrogens is 378 g/mol. The van der Waals surface area contributed by atoms with Gasteiger partial charge in [0.25, 0.3) is 5.91 Å². The van der Waals surface area contributed by atoms with Gasteiger partial charge in [-0.3, -0.25) is 4.79 Å². The molecule has 1 aromatic carbocycles. The Labute approximate surface area is 177 Å². The number of hydrogen-bond acceptors (Lipinski definition) is 6. The molecule has 7 nitrogen and oxygen atoms in total. The van der Waals surface area contributed by atoms with E-state index in [0.29, 0.717) is 26.3 Å². The van der Waals surface area contributed by atoms with Crippen LogP contribution in [0, 0.1) is 6.92 Å². The van der Waals surface area contributed by atoms with Gasteiger partial charge < -0.3 is 19.4 Å². The Morgan fingerprint density at radius 3 is 2.43 bits per heavy atom. The highest BCUT2D eigenvalue weighted by Gasteiger charge is 2.25. The quantitative estimate of drug-likeness (QED) is 0.780. The van der Waals surface area contributed by atoms with E-state index in [0.717, 1.165) is 54.8 Å². The summed E-state index contributed by atoms with van der Waals surface area (Å²) >= 11 is 0. The molecule has 2 saturated heterocycles. The molecule has 1 aromatic heterocycles. The third-order valence-electron chi connectivity index (χ3n) is 6.33. The number of nitrogens with zero attached hydrogens (tertiary/aromatic N) is 5. The van der Waals surface area contributed by atoms with E-state index >= 15 is 0 Å². The molecule has 0 radical (unpaired) electrons. The first kappa shape index (κ1) is 19.3. The third-order valence-corrected chi connectivity index (χ3v) is 6.33. The summed E-state index contributed by atoms with van der Waals surface area (Å²) in [6.45, 7) is 8.31. The summed E-state index contributed by atoms with van der Waals surface area (Å²) in [7, 11) is 0. The molecule has 2 aromatic rings. The van der Waals surface area contributed by atoms with Crippen molar-refractivity contribution < 1.29 is 9.53 Å². The average Bonchev–Trinajstić information content (AvgIpc) is 3.27. The minimum Gasteiger partial charge on any atom is -0.372 e. The van der Waals surface area contributed by atoms with Crippen LogP contribution in [0.2, 0.25) is 0 Å². The number of benzene rings is 1. The lowest BCUT2D eigenvalue weighted by Crippen LogP contribution is -2.49. The number of fused-ring (bicyclic) bond motifs is 1. The molecule has 0 bridgehead atoms. The Morgan fingerprint density at radius 2 is 1.63 bits per heavy atom. The minimum atomic E-state index is 0.100. The summed E-state index contributed by atoms with van der Waals surface area (Å²) in [5, 5.41) is 0. The predicted octanol–water partition coefficient (Wildman–Crippen LogP) is 2.77. The van der Waals surface area contributed by atoms with Crippen molar-refractivity contribution in [2.24, 2.45) is 0 Å². The lowest BCUT2D eigenvalue weighted by atomic mass is 10.1. The number of piperazine rings is 1. The Hall–Kier alpha value is -2.67. The van der Waals surface area contributed by atoms with Gasteiger partial charge in [0, 0.05) is 56.6 Å². The van der Waals surface area contributed by atoms with Crippen LogP contribution in [0.5, 0.6) is 0 Å². The zero-order valence-corrected chi connectivity index (χ0v) is 17.6. The van der Waals surface area contributed by atoms with E-state index in [2.05, 4.69) is 15.9 Å². The van der Waals surface area contributed by atoms with Crippen molar-refractivity contribution in [2.75, 3.05) is 49.1 Å². The maximum absolute atomic E-state index is 13.0. The molecule has 0 saturated carbocycles. The van der Waals surface area contributed by atoms with Gasteiger partial charge in [-0.25, -0.2) is 4.98 Å². The summed E-state index contributed by atoms with van der Waals surface area (Å²) in [5.41, 5.74) is 4.08. The predicted molar refractivity (Wildman–Crippen MR) is 116 cm³/mol. The number of anilines is 2. The molecule has 3 aliphatic rings. The number of hydrogen-bond donors (Lipinski definition) is 0. The molecule has 3 aliphatic heterocycles. The Morgan fingerprint density at radius 1 is 0.867 bits per heavy atom. The highest BCUT2D eigenvalue weighted by atomic mass is 16.5. The molecule has 0 atom stereocenters. The summed E-state index contributed by atoms with van der Waals surface area (Å²) in [6.07, 6.45) is 3.77. The zero-order chi connectivity index (χ0) is 20.5. The number of rotatable bonds is 3. The largest absolute Gasteiger partial charge is 0.372 e. The summed E-state index contributed by atoms with van der Waals surface area (Å²) in [4.78, 5) is 29.1. The maximum atomic E-state index is 13.0. The first-order valence-electron chi connectivity index (χ1n) is 11.0.